The van der Waals surface area contributed by atoms with Crippen LogP contribution in [0.5, 0.6) is 0 Å². The lowest BCUT2D eigenvalue weighted by molar-refractivity contribution is 0.0528. The first kappa shape index (κ1) is 17.6. The minimum absolute atomic E-state index is 0.355. The number of amides is 1. The number of nitrogens with one attached hydrogen (secondary N) is 1. The third-order valence-corrected chi connectivity index (χ3v) is 11.0. The lowest BCUT2D eigenvalue weighted by Crippen LogP contribution is -2.33. The lowest BCUT2D eigenvalue weighted by atomic mass is 10.1. The van der Waals surface area contributed by atoms with Gasteiger partial charge in [0.25, 0.3) is 0 Å². The maximum Gasteiger partial charge on any atom is 0.407 e. The van der Waals surface area contributed by atoms with Crippen molar-refractivity contribution in [1.29, 1.82) is 0 Å². The van der Waals surface area contributed by atoms with E-state index in [2.05, 4.69) is 23.5 Å². The number of benzene rings is 1. The molecule has 0 atom stereocenters. The van der Waals surface area contributed by atoms with Crippen molar-refractivity contribution in [2.45, 2.75) is 42.6 Å². The number of alkyl carbamates (subject to hydrolysis) is 1. The third kappa shape index (κ3) is 6.09. The molecule has 0 saturated carbocycles. The van der Waals surface area contributed by atoms with Crippen LogP contribution in [0.25, 0.3) is 0 Å². The highest BCUT2D eigenvalue weighted by Gasteiger charge is 2.17. The molecule has 0 bridgehead atoms. The van der Waals surface area contributed by atoms with Gasteiger partial charge >= 0.3 is 6.09 Å². The first-order valence-electron chi connectivity index (χ1n) is 6.39. The van der Waals surface area contributed by atoms with Crippen LogP contribution in [0.3, 0.4) is 0 Å². The third-order valence-electron chi connectivity index (χ3n) is 2.42. The van der Waals surface area contributed by atoms with Crippen LogP contribution in [-0.2, 0) is 11.2 Å². The second kappa shape index (κ2) is 8.19. The molecule has 0 radical (unpaired) electrons. The average Bonchev–Trinajstić information content (AvgIpc) is 2.62. The number of rotatable bonds is 3. The van der Waals surface area contributed by atoms with E-state index < -0.39 is 5.60 Å². The molecule has 0 fully saturated rings. The van der Waals surface area contributed by atoms with Crippen LogP contribution in [0.15, 0.2) is 28.0 Å². The van der Waals surface area contributed by atoms with Crippen LogP contribution in [-0.4, -0.2) is 18.2 Å². The molecule has 1 aliphatic rings. The van der Waals surface area contributed by atoms with E-state index in [4.69, 9.17) is 4.74 Å². The van der Waals surface area contributed by atoms with Crippen molar-refractivity contribution in [3.63, 3.8) is 0 Å². The second-order valence-corrected chi connectivity index (χ2v) is 12.8. The van der Waals surface area contributed by atoms with Crippen molar-refractivity contribution in [1.82, 2.24) is 5.32 Å². The quantitative estimate of drug-likeness (QED) is 0.664. The van der Waals surface area contributed by atoms with Gasteiger partial charge in [0.1, 0.15) is 5.60 Å². The number of fused-ring (bicyclic) bond motifs is 1. The summed E-state index contributed by atoms with van der Waals surface area (Å²) in [5.74, 6) is 0. The number of ether oxygens (including phenoxy) is 1. The molecule has 2 rings (SSSR count). The maximum absolute atomic E-state index is 11.6. The standard InChI is InChI=1S/C13H17NO2S5/c1-13(2,3)16-12(15)14-8-7-9-5-4-6-10-11(9)18-20-21-19-17-10/h4-6H,7-8H2,1-3H3,(H,14,15). The summed E-state index contributed by atoms with van der Waals surface area (Å²) < 4.78 is 5.24. The second-order valence-electron chi connectivity index (χ2n) is 5.29. The van der Waals surface area contributed by atoms with Crippen molar-refractivity contribution in [2.75, 3.05) is 6.54 Å². The van der Waals surface area contributed by atoms with Gasteiger partial charge in [0.2, 0.25) is 0 Å². The SMILES string of the molecule is CC(C)(C)OC(=O)NCCc1cccc2c1SSSSS2. The van der Waals surface area contributed by atoms with Gasteiger partial charge < -0.3 is 10.1 Å². The van der Waals surface area contributed by atoms with Crippen molar-refractivity contribution in [2.24, 2.45) is 0 Å². The largest absolute Gasteiger partial charge is 0.444 e. The minimum Gasteiger partial charge on any atom is -0.444 e. The molecule has 8 heteroatoms. The first-order chi connectivity index (χ1) is 9.96. The molecule has 21 heavy (non-hydrogen) atoms. The Hall–Kier alpha value is 0.240. The lowest BCUT2D eigenvalue weighted by Gasteiger charge is -2.19. The van der Waals surface area contributed by atoms with Gasteiger partial charge in [0.05, 0.1) is 0 Å². The van der Waals surface area contributed by atoms with Crippen LogP contribution in [0.1, 0.15) is 26.3 Å². The molecular formula is C13H17NO2S5. The van der Waals surface area contributed by atoms with Gasteiger partial charge in [-0.3, -0.25) is 0 Å². The number of hydrogen-bond donors (Lipinski definition) is 1. The summed E-state index contributed by atoms with van der Waals surface area (Å²) in [7, 11) is 8.95. The molecule has 116 valence electrons. The summed E-state index contributed by atoms with van der Waals surface area (Å²) in [4.78, 5) is 14.3. The Morgan fingerprint density at radius 1 is 1.19 bits per heavy atom. The van der Waals surface area contributed by atoms with Crippen LogP contribution in [0.4, 0.5) is 4.79 Å². The Balaban J connectivity index is 1.90. The van der Waals surface area contributed by atoms with Gasteiger partial charge in [-0.15, -0.1) is 0 Å². The normalized spacial score (nSPS) is 15.0. The zero-order chi connectivity index (χ0) is 15.3. The van der Waals surface area contributed by atoms with E-state index in [1.807, 2.05) is 20.8 Å². The molecule has 1 N–H and O–H groups in total. The number of carbonyl (C=O) groups is 1. The van der Waals surface area contributed by atoms with Crippen molar-refractivity contribution >= 4 is 57.2 Å². The molecule has 1 aromatic rings. The van der Waals surface area contributed by atoms with Crippen molar-refractivity contribution < 1.29 is 9.53 Å². The van der Waals surface area contributed by atoms with Gasteiger partial charge in [0.15, 0.2) is 0 Å². The number of carbonyl (C=O) groups excluding carboxylic acids is 1. The predicted octanol–water partition coefficient (Wildman–Crippen LogP) is 5.81. The molecule has 1 aromatic carbocycles. The average molecular weight is 380 g/mol. The molecule has 1 aliphatic heterocycles. The zero-order valence-corrected chi connectivity index (χ0v) is 16.1. The summed E-state index contributed by atoms with van der Waals surface area (Å²) in [6.45, 7) is 6.18. The summed E-state index contributed by atoms with van der Waals surface area (Å²) in [6, 6.07) is 6.36. The predicted molar refractivity (Wildman–Crippen MR) is 98.9 cm³/mol. The first-order valence-corrected chi connectivity index (χ1v) is 12.5. The van der Waals surface area contributed by atoms with Gasteiger partial charge in [0, 0.05) is 16.3 Å². The number of hydrogen-bond acceptors (Lipinski definition) is 7. The highest BCUT2D eigenvalue weighted by Crippen LogP contribution is 2.59. The molecule has 1 heterocycles. The van der Waals surface area contributed by atoms with E-state index in [-0.39, 0.29) is 6.09 Å². The monoisotopic (exact) mass is 379 g/mol. The van der Waals surface area contributed by atoms with Crippen LogP contribution >= 0.6 is 51.1 Å². The Labute approximate surface area is 144 Å². The molecular weight excluding hydrogens is 362 g/mol. The highest BCUT2D eigenvalue weighted by molar-refractivity contribution is 9.36. The smallest absolute Gasteiger partial charge is 0.407 e. The van der Waals surface area contributed by atoms with Crippen molar-refractivity contribution in [3.05, 3.63) is 23.8 Å². The van der Waals surface area contributed by atoms with Crippen molar-refractivity contribution in [3.8, 4) is 0 Å². The summed E-state index contributed by atoms with van der Waals surface area (Å²) in [5.41, 5.74) is 0.822. The molecule has 0 saturated heterocycles. The van der Waals surface area contributed by atoms with Gasteiger partial charge in [-0.25, -0.2) is 4.79 Å². The fourth-order valence-electron chi connectivity index (χ4n) is 1.64. The molecule has 3 nitrogen and oxygen atoms in total. The van der Waals surface area contributed by atoms with Crippen LogP contribution < -0.4 is 5.32 Å². The molecule has 0 aromatic heterocycles. The Morgan fingerprint density at radius 3 is 2.71 bits per heavy atom. The van der Waals surface area contributed by atoms with Gasteiger partial charge in [-0.2, -0.15) is 0 Å². The van der Waals surface area contributed by atoms with E-state index in [0.717, 1.165) is 6.42 Å². The van der Waals surface area contributed by atoms with Crippen LogP contribution in [0.2, 0.25) is 0 Å². The van der Waals surface area contributed by atoms with E-state index in [1.54, 1.807) is 51.1 Å². The Morgan fingerprint density at radius 2 is 1.95 bits per heavy atom. The highest BCUT2D eigenvalue weighted by atomic mass is 33.8. The zero-order valence-electron chi connectivity index (χ0n) is 12.0. The summed E-state index contributed by atoms with van der Waals surface area (Å²) in [6.07, 6.45) is 0.457. The van der Waals surface area contributed by atoms with Crippen LogP contribution in [0, 0.1) is 0 Å². The molecule has 1 amide bonds. The fourth-order valence-corrected chi connectivity index (χ4v) is 10.8. The summed E-state index contributed by atoms with van der Waals surface area (Å²) >= 11 is 0. The van der Waals surface area contributed by atoms with E-state index in [0.29, 0.717) is 6.54 Å². The fraction of sp³-hybridized carbons (Fsp3) is 0.462. The Kier molecular flexibility index (Phi) is 6.86. The van der Waals surface area contributed by atoms with Gasteiger partial charge in [-0.05, 0) is 89.9 Å². The topological polar surface area (TPSA) is 38.3 Å². The molecule has 0 spiro atoms. The molecule has 0 unspecified atom stereocenters. The van der Waals surface area contributed by atoms with E-state index in [9.17, 15) is 4.79 Å². The van der Waals surface area contributed by atoms with Gasteiger partial charge in [-0.1, -0.05) is 12.1 Å². The maximum atomic E-state index is 11.6. The Bertz CT molecular complexity index is 504. The van der Waals surface area contributed by atoms with E-state index >= 15 is 0 Å². The molecule has 0 aliphatic carbocycles. The van der Waals surface area contributed by atoms with E-state index in [1.165, 1.54) is 15.4 Å². The minimum atomic E-state index is -0.453. The summed E-state index contributed by atoms with van der Waals surface area (Å²) in [5, 5.41) is 2.82.